The summed E-state index contributed by atoms with van der Waals surface area (Å²) in [6, 6.07) is 4.87. The normalized spacial score (nSPS) is 11.3. The van der Waals surface area contributed by atoms with Crippen LogP contribution in [0.1, 0.15) is 23.7 Å². The maximum Gasteiger partial charge on any atom is 0.198 e. The van der Waals surface area contributed by atoms with E-state index in [0.717, 1.165) is 0 Å². The molecule has 3 heterocycles. The van der Waals surface area contributed by atoms with Gasteiger partial charge in [0, 0.05) is 37.5 Å². The molecule has 162 valence electrons. The van der Waals surface area contributed by atoms with Gasteiger partial charge in [-0.1, -0.05) is 6.92 Å². The number of rotatable bonds is 8. The van der Waals surface area contributed by atoms with Crippen molar-refractivity contribution in [1.82, 2.24) is 19.7 Å². The van der Waals surface area contributed by atoms with Gasteiger partial charge in [-0.3, -0.25) is 9.48 Å². The summed E-state index contributed by atoms with van der Waals surface area (Å²) >= 11 is 0. The lowest BCUT2D eigenvalue weighted by atomic mass is 10.1. The van der Waals surface area contributed by atoms with Crippen molar-refractivity contribution in [1.29, 1.82) is 0 Å². The monoisotopic (exact) mass is 442 g/mol. The summed E-state index contributed by atoms with van der Waals surface area (Å²) in [7, 11) is 0.692. The number of nitrogens with zero attached hydrogens (tertiary/aromatic N) is 5. The van der Waals surface area contributed by atoms with Crippen LogP contribution >= 0.6 is 7.14 Å². The Morgan fingerprint density at radius 1 is 1.29 bits per heavy atom. The highest BCUT2D eigenvalue weighted by atomic mass is 31.2. The average Bonchev–Trinajstić information content (AvgIpc) is 3.15. The van der Waals surface area contributed by atoms with Crippen molar-refractivity contribution in [3.63, 3.8) is 0 Å². The third kappa shape index (κ3) is 4.54. The van der Waals surface area contributed by atoms with Crippen molar-refractivity contribution in [2.45, 2.75) is 13.3 Å². The minimum absolute atomic E-state index is 0.0683. The predicted molar refractivity (Wildman–Crippen MR) is 120 cm³/mol. The second kappa shape index (κ2) is 8.77. The number of anilines is 2. The third-order valence-electron chi connectivity index (χ3n) is 4.65. The first-order valence-corrected chi connectivity index (χ1v) is 12.1. The summed E-state index contributed by atoms with van der Waals surface area (Å²) in [6.07, 6.45) is 3.14. The SMILES string of the molecule is CCC(=O)c1cnc(N=O)cc1Nc1nccc(-c2cc(P(C)(C)=O)n(C)n2)c1OC. The van der Waals surface area contributed by atoms with Crippen molar-refractivity contribution in [3.8, 4) is 17.0 Å². The lowest BCUT2D eigenvalue weighted by molar-refractivity contribution is 0.0988. The maximum absolute atomic E-state index is 12.5. The van der Waals surface area contributed by atoms with E-state index in [1.165, 1.54) is 19.4 Å². The molecular weight excluding hydrogens is 419 g/mol. The minimum atomic E-state index is -2.53. The number of aryl methyl sites for hydroxylation is 1. The number of Topliss-reactive ketones (excluding diaryl/α,β-unsaturated/α-hetero) is 1. The van der Waals surface area contributed by atoms with Crippen LogP contribution in [0.5, 0.6) is 5.75 Å². The van der Waals surface area contributed by atoms with Crippen molar-refractivity contribution >= 4 is 35.7 Å². The molecule has 0 fully saturated rings. The van der Waals surface area contributed by atoms with Gasteiger partial charge < -0.3 is 14.6 Å². The molecule has 0 atom stereocenters. The molecule has 0 amide bonds. The summed E-state index contributed by atoms with van der Waals surface area (Å²) in [5, 5.41) is 10.4. The highest BCUT2D eigenvalue weighted by Crippen LogP contribution is 2.39. The highest BCUT2D eigenvalue weighted by Gasteiger charge is 2.22. The molecule has 3 rings (SSSR count). The fourth-order valence-corrected chi connectivity index (χ4v) is 4.35. The van der Waals surface area contributed by atoms with Crippen molar-refractivity contribution in [3.05, 3.63) is 41.1 Å². The van der Waals surface area contributed by atoms with E-state index in [4.69, 9.17) is 4.74 Å². The maximum atomic E-state index is 12.5. The molecule has 0 bridgehead atoms. The highest BCUT2D eigenvalue weighted by molar-refractivity contribution is 7.69. The van der Waals surface area contributed by atoms with E-state index in [1.54, 1.807) is 50.3 Å². The summed E-state index contributed by atoms with van der Waals surface area (Å²) in [6.45, 7) is 5.09. The van der Waals surface area contributed by atoms with E-state index in [0.29, 0.717) is 39.5 Å². The molecule has 31 heavy (non-hydrogen) atoms. The largest absolute Gasteiger partial charge is 0.492 e. The predicted octanol–water partition coefficient (Wildman–Crippen LogP) is 3.87. The molecule has 0 aliphatic carbocycles. The van der Waals surface area contributed by atoms with Crippen LogP contribution in [-0.2, 0) is 11.6 Å². The molecule has 11 heteroatoms. The molecule has 1 N–H and O–H groups in total. The lowest BCUT2D eigenvalue weighted by Gasteiger charge is -2.15. The smallest absolute Gasteiger partial charge is 0.198 e. The van der Waals surface area contributed by atoms with E-state index >= 15 is 0 Å². The Bertz CT molecular complexity index is 1200. The molecule has 10 nitrogen and oxygen atoms in total. The fraction of sp³-hybridized carbons (Fsp3) is 0.300. The molecule has 3 aromatic heterocycles. The van der Waals surface area contributed by atoms with Crippen LogP contribution in [0.2, 0.25) is 0 Å². The van der Waals surface area contributed by atoms with Gasteiger partial charge in [-0.15, -0.1) is 4.91 Å². The molecule has 0 saturated carbocycles. The van der Waals surface area contributed by atoms with Crippen LogP contribution in [0.25, 0.3) is 11.3 Å². The Kier molecular flexibility index (Phi) is 6.31. The molecule has 0 aliphatic rings. The summed E-state index contributed by atoms with van der Waals surface area (Å²) < 4.78 is 19.7. The van der Waals surface area contributed by atoms with Gasteiger partial charge in [0.2, 0.25) is 0 Å². The third-order valence-corrected chi connectivity index (χ3v) is 6.17. The van der Waals surface area contributed by atoms with E-state index in [9.17, 15) is 14.3 Å². The molecule has 0 saturated heterocycles. The van der Waals surface area contributed by atoms with Crippen molar-refractivity contribution in [2.75, 3.05) is 25.8 Å². The number of pyridine rings is 2. The summed E-state index contributed by atoms with van der Waals surface area (Å²) in [4.78, 5) is 31.5. The molecule has 0 aliphatic heterocycles. The Morgan fingerprint density at radius 2 is 2.03 bits per heavy atom. The van der Waals surface area contributed by atoms with E-state index < -0.39 is 7.14 Å². The summed E-state index contributed by atoms with van der Waals surface area (Å²) in [5.74, 6) is 0.470. The number of nitroso groups, excluding NO2 is 1. The average molecular weight is 442 g/mol. The Hall–Kier alpha value is -3.39. The van der Waals surface area contributed by atoms with Crippen LogP contribution in [0, 0.1) is 4.91 Å². The lowest BCUT2D eigenvalue weighted by Crippen LogP contribution is -2.13. The van der Waals surface area contributed by atoms with E-state index in [-0.39, 0.29) is 18.0 Å². The molecule has 0 radical (unpaired) electrons. The first-order chi connectivity index (χ1) is 14.7. The molecule has 0 spiro atoms. The number of carbonyl (C=O) groups is 1. The van der Waals surface area contributed by atoms with Crippen molar-refractivity contribution < 1.29 is 14.1 Å². The number of methoxy groups -OCH3 is 1. The number of ketones is 1. The van der Waals surface area contributed by atoms with Crippen LogP contribution in [0.15, 0.2) is 35.8 Å². The Balaban J connectivity index is 2.11. The van der Waals surface area contributed by atoms with Gasteiger partial charge in [-0.05, 0) is 30.6 Å². The van der Waals surface area contributed by atoms with Gasteiger partial charge in [0.25, 0.3) is 0 Å². The molecule has 0 unspecified atom stereocenters. The van der Waals surface area contributed by atoms with Gasteiger partial charge in [-0.2, -0.15) is 5.10 Å². The number of hydrogen-bond acceptors (Lipinski definition) is 9. The number of hydrogen-bond donors (Lipinski definition) is 1. The number of ether oxygens (including phenoxy) is 1. The van der Waals surface area contributed by atoms with E-state index in [2.05, 4.69) is 25.6 Å². The first-order valence-electron chi connectivity index (χ1n) is 9.46. The topological polar surface area (TPSA) is 128 Å². The van der Waals surface area contributed by atoms with Gasteiger partial charge in [0.1, 0.15) is 7.14 Å². The van der Waals surface area contributed by atoms with Gasteiger partial charge in [0.05, 0.1) is 29.5 Å². The standard InChI is InChI=1S/C20H23N6O4P/c1-6-16(27)13-11-22-17(25-28)9-14(13)23-20-19(30-3)12(7-8-21-20)15-10-18(26(2)24-15)31(4,5)29/h7-11H,6H2,1-5H3,(H,21,22,23). The molecule has 0 aromatic carbocycles. The molecular formula is C20H23N6O4P. The minimum Gasteiger partial charge on any atom is -0.492 e. The van der Waals surface area contributed by atoms with Crippen molar-refractivity contribution in [2.24, 2.45) is 12.2 Å². The Labute approximate surface area is 179 Å². The van der Waals surface area contributed by atoms with Crippen LogP contribution in [0.3, 0.4) is 0 Å². The second-order valence-corrected chi connectivity index (χ2v) is 10.3. The van der Waals surface area contributed by atoms with Gasteiger partial charge >= 0.3 is 0 Å². The number of nitrogens with one attached hydrogen (secondary N) is 1. The number of carbonyl (C=O) groups excluding carboxylic acids is 1. The molecule has 3 aromatic rings. The van der Waals surface area contributed by atoms with Gasteiger partial charge in [-0.25, -0.2) is 9.97 Å². The van der Waals surface area contributed by atoms with Crippen LogP contribution in [0.4, 0.5) is 17.3 Å². The number of aromatic nitrogens is 4. The van der Waals surface area contributed by atoms with Gasteiger partial charge in [0.15, 0.2) is 23.2 Å². The summed E-state index contributed by atoms with van der Waals surface area (Å²) in [5.41, 5.74) is 2.47. The zero-order valence-corrected chi connectivity index (χ0v) is 18.8. The zero-order chi connectivity index (χ0) is 22.8. The quantitative estimate of drug-likeness (QED) is 0.316. The van der Waals surface area contributed by atoms with Crippen LogP contribution < -0.4 is 15.5 Å². The van der Waals surface area contributed by atoms with Crippen LogP contribution in [-0.4, -0.2) is 46.0 Å². The zero-order valence-electron chi connectivity index (χ0n) is 17.9. The Morgan fingerprint density at radius 3 is 2.61 bits per heavy atom. The van der Waals surface area contributed by atoms with E-state index in [1.807, 2.05) is 0 Å². The second-order valence-electron chi connectivity index (χ2n) is 7.18. The first kappa shape index (κ1) is 22.3. The fourth-order valence-electron chi connectivity index (χ4n) is 3.18.